The average Bonchev–Trinajstić information content (AvgIpc) is 3.69. The molecule has 12 heteroatoms. The Morgan fingerprint density at radius 3 is 2.70 bits per heavy atom. The second-order valence-corrected chi connectivity index (χ2v) is 12.0. The van der Waals surface area contributed by atoms with E-state index in [0.717, 1.165) is 47.8 Å². The third-order valence-electron chi connectivity index (χ3n) is 8.34. The molecule has 0 bridgehead atoms. The number of H-pyrrole nitrogens is 2. The number of ether oxygens (including phenoxy) is 1. The molecule has 1 aromatic carbocycles. The molecular formula is C34H34FN9O2. The topological polar surface area (TPSA) is 138 Å². The minimum absolute atomic E-state index is 0.0482. The monoisotopic (exact) mass is 619 g/mol. The van der Waals surface area contributed by atoms with Gasteiger partial charge < -0.3 is 19.9 Å². The van der Waals surface area contributed by atoms with Gasteiger partial charge in [-0.05, 0) is 62.8 Å². The Balaban J connectivity index is 1.19. The highest BCUT2D eigenvalue weighted by Gasteiger charge is 2.22. The molecule has 1 fully saturated rings. The second-order valence-electron chi connectivity index (χ2n) is 12.0. The van der Waals surface area contributed by atoms with Crippen molar-refractivity contribution in [1.29, 1.82) is 0 Å². The Bertz CT molecular complexity index is 2030. The Labute approximate surface area is 264 Å². The number of halogens is 1. The molecule has 11 nitrogen and oxygen atoms in total. The lowest BCUT2D eigenvalue weighted by Gasteiger charge is -2.20. The number of imidazole rings is 1. The zero-order chi connectivity index (χ0) is 31.6. The Hall–Kier alpha value is -5.23. The van der Waals surface area contributed by atoms with E-state index >= 15 is 0 Å². The van der Waals surface area contributed by atoms with Crippen LogP contribution < -0.4 is 10.1 Å². The maximum atomic E-state index is 14.7. The fourth-order valence-corrected chi connectivity index (χ4v) is 5.93. The number of amides is 1. The first kappa shape index (κ1) is 29.5. The number of likely N-dealkylation sites (N-methyl/N-ethyl adjacent to an activating group) is 1. The van der Waals surface area contributed by atoms with Crippen molar-refractivity contribution in [3.8, 4) is 39.5 Å². The molecule has 0 radical (unpaired) electrons. The van der Waals surface area contributed by atoms with Gasteiger partial charge in [-0.25, -0.2) is 19.3 Å². The molecule has 0 unspecified atom stereocenters. The molecule has 234 valence electrons. The van der Waals surface area contributed by atoms with Crippen LogP contribution in [-0.4, -0.2) is 73.2 Å². The fourth-order valence-electron chi connectivity index (χ4n) is 5.93. The number of nitrogens with zero attached hydrogens (tertiary/aromatic N) is 6. The van der Waals surface area contributed by atoms with Crippen molar-refractivity contribution in [1.82, 2.24) is 40.0 Å². The number of anilines is 1. The van der Waals surface area contributed by atoms with Crippen LogP contribution in [0.2, 0.25) is 0 Å². The zero-order valence-electron chi connectivity index (χ0n) is 25.7. The third-order valence-corrected chi connectivity index (χ3v) is 8.34. The van der Waals surface area contributed by atoms with Gasteiger partial charge in [0.2, 0.25) is 5.91 Å². The fraction of sp³-hybridized carbons (Fsp3) is 0.294. The Kier molecular flexibility index (Phi) is 8.10. The van der Waals surface area contributed by atoms with Crippen LogP contribution in [0.1, 0.15) is 32.1 Å². The highest BCUT2D eigenvalue weighted by Crippen LogP contribution is 2.34. The molecule has 1 saturated carbocycles. The molecule has 1 aliphatic rings. The summed E-state index contributed by atoms with van der Waals surface area (Å²) in [6.45, 7) is 1.15. The number of nitrogens with one attached hydrogen (secondary N) is 3. The van der Waals surface area contributed by atoms with E-state index in [1.54, 1.807) is 24.8 Å². The van der Waals surface area contributed by atoms with Crippen LogP contribution in [0.3, 0.4) is 0 Å². The van der Waals surface area contributed by atoms with Gasteiger partial charge in [-0.15, -0.1) is 0 Å². The van der Waals surface area contributed by atoms with Crippen LogP contribution >= 0.6 is 0 Å². The number of aromatic amines is 2. The molecule has 1 aliphatic carbocycles. The van der Waals surface area contributed by atoms with E-state index in [9.17, 15) is 9.18 Å². The van der Waals surface area contributed by atoms with Crippen molar-refractivity contribution < 1.29 is 13.9 Å². The third kappa shape index (κ3) is 6.16. The lowest BCUT2D eigenvalue weighted by Crippen LogP contribution is -2.24. The number of benzene rings is 1. The Morgan fingerprint density at radius 1 is 1.00 bits per heavy atom. The first-order valence-corrected chi connectivity index (χ1v) is 15.5. The predicted octanol–water partition coefficient (Wildman–Crippen LogP) is 6.22. The minimum atomic E-state index is -0.396. The van der Waals surface area contributed by atoms with Crippen LogP contribution in [0.25, 0.3) is 56.0 Å². The summed E-state index contributed by atoms with van der Waals surface area (Å²) >= 11 is 0. The van der Waals surface area contributed by atoms with Gasteiger partial charge in [0, 0.05) is 53.8 Å². The molecule has 3 N–H and O–H groups in total. The van der Waals surface area contributed by atoms with E-state index in [0.29, 0.717) is 58.5 Å². The van der Waals surface area contributed by atoms with Crippen molar-refractivity contribution >= 4 is 33.8 Å². The molecule has 5 aromatic heterocycles. The Morgan fingerprint density at radius 2 is 1.85 bits per heavy atom. The van der Waals surface area contributed by atoms with Gasteiger partial charge in [-0.1, -0.05) is 19.3 Å². The van der Waals surface area contributed by atoms with Crippen molar-refractivity contribution in [3.63, 3.8) is 0 Å². The molecule has 6 aromatic rings. The van der Waals surface area contributed by atoms with E-state index in [1.165, 1.54) is 18.6 Å². The van der Waals surface area contributed by atoms with Crippen LogP contribution in [0.5, 0.6) is 5.75 Å². The molecule has 0 spiro atoms. The van der Waals surface area contributed by atoms with Gasteiger partial charge in [0.15, 0.2) is 17.1 Å². The summed E-state index contributed by atoms with van der Waals surface area (Å²) in [5.41, 5.74) is 5.94. The first-order valence-electron chi connectivity index (χ1n) is 15.5. The number of pyridine rings is 3. The number of hydrogen-bond acceptors (Lipinski definition) is 8. The van der Waals surface area contributed by atoms with Gasteiger partial charge in [0.25, 0.3) is 0 Å². The van der Waals surface area contributed by atoms with Crippen LogP contribution in [0, 0.1) is 11.7 Å². The highest BCUT2D eigenvalue weighted by molar-refractivity contribution is 5.97. The molecule has 0 atom stereocenters. The number of carbonyl (C=O) groups is 1. The van der Waals surface area contributed by atoms with Crippen molar-refractivity contribution in [2.45, 2.75) is 32.1 Å². The first-order chi connectivity index (χ1) is 22.4. The number of hydrogen-bond donors (Lipinski definition) is 3. The van der Waals surface area contributed by atoms with E-state index in [2.05, 4.69) is 35.5 Å². The summed E-state index contributed by atoms with van der Waals surface area (Å²) in [4.78, 5) is 36.4. The van der Waals surface area contributed by atoms with Gasteiger partial charge in [-0.3, -0.25) is 14.9 Å². The molecule has 0 aliphatic heterocycles. The summed E-state index contributed by atoms with van der Waals surface area (Å²) in [7, 11) is 3.91. The van der Waals surface area contributed by atoms with Crippen molar-refractivity contribution in [2.24, 2.45) is 5.92 Å². The molecule has 5 heterocycles. The average molecular weight is 620 g/mol. The summed E-state index contributed by atoms with van der Waals surface area (Å²) in [6.07, 6.45) is 12.0. The summed E-state index contributed by atoms with van der Waals surface area (Å²) in [5, 5.41) is 11.3. The van der Waals surface area contributed by atoms with Crippen LogP contribution in [0.15, 0.2) is 61.2 Å². The van der Waals surface area contributed by atoms with E-state index in [4.69, 9.17) is 9.72 Å². The zero-order valence-corrected chi connectivity index (χ0v) is 25.7. The molecular weight excluding hydrogens is 585 g/mol. The predicted molar refractivity (Wildman–Crippen MR) is 175 cm³/mol. The highest BCUT2D eigenvalue weighted by atomic mass is 19.1. The lowest BCUT2D eigenvalue weighted by molar-refractivity contribution is -0.120. The number of aromatic nitrogens is 7. The largest absolute Gasteiger partial charge is 0.492 e. The molecule has 0 saturated heterocycles. The molecule has 1 amide bonds. The van der Waals surface area contributed by atoms with Crippen LogP contribution in [-0.2, 0) is 4.79 Å². The smallest absolute Gasteiger partial charge is 0.227 e. The normalized spacial score (nSPS) is 13.9. The summed E-state index contributed by atoms with van der Waals surface area (Å²) in [6, 6.07) is 10.4. The van der Waals surface area contributed by atoms with Gasteiger partial charge in [-0.2, -0.15) is 5.10 Å². The second kappa shape index (κ2) is 12.6. The number of fused-ring (bicyclic) bond motifs is 2. The van der Waals surface area contributed by atoms with Gasteiger partial charge >= 0.3 is 0 Å². The number of rotatable bonds is 9. The van der Waals surface area contributed by atoms with Gasteiger partial charge in [0.1, 0.15) is 23.9 Å². The summed E-state index contributed by atoms with van der Waals surface area (Å²) in [5.74, 6) is 0.668. The number of carbonyl (C=O) groups excluding carboxylic acids is 1. The SMILES string of the molecule is CN(C)CCOc1cc(F)cc(-c2ccnc3nc(-c4[nH]nc5ncc(-c6cncc(NC(=O)C7CCCCC7)c6)cc45)[nH]c23)c1. The standard InChI is InChI=1S/C34H34FN9O2/c1-44(2)10-11-46-26-14-21(12-24(35)16-26)27-8-9-37-32-29(27)40-33(41-32)30-28-15-23(18-38-31(28)43-42-30)22-13-25(19-36-17-22)39-34(45)20-6-4-3-5-7-20/h8-9,12-20H,3-7,10-11H2,1-2H3,(H,39,45)(H,37,40,41)(H,38,42,43). The maximum absolute atomic E-state index is 14.7. The lowest BCUT2D eigenvalue weighted by atomic mass is 9.88. The maximum Gasteiger partial charge on any atom is 0.227 e. The van der Waals surface area contributed by atoms with E-state index < -0.39 is 5.82 Å². The quantitative estimate of drug-likeness (QED) is 0.173. The summed E-state index contributed by atoms with van der Waals surface area (Å²) < 4.78 is 20.5. The van der Waals surface area contributed by atoms with Crippen molar-refractivity contribution in [2.75, 3.05) is 32.6 Å². The molecule has 46 heavy (non-hydrogen) atoms. The van der Waals surface area contributed by atoms with E-state index in [1.807, 2.05) is 43.3 Å². The van der Waals surface area contributed by atoms with E-state index in [-0.39, 0.29) is 11.8 Å². The van der Waals surface area contributed by atoms with Crippen LogP contribution in [0.4, 0.5) is 10.1 Å². The molecule has 7 rings (SSSR count). The minimum Gasteiger partial charge on any atom is -0.492 e. The van der Waals surface area contributed by atoms with Gasteiger partial charge in [0.05, 0.1) is 22.8 Å². The van der Waals surface area contributed by atoms with Crippen molar-refractivity contribution in [3.05, 3.63) is 67.0 Å².